The number of ether oxygens (including phenoxy) is 1. The monoisotopic (exact) mass is 347 g/mol. The van der Waals surface area contributed by atoms with Gasteiger partial charge in [-0.1, -0.05) is 42.5 Å². The first-order valence-corrected chi connectivity index (χ1v) is 8.89. The zero-order chi connectivity index (χ0) is 18.1. The zero-order valence-corrected chi connectivity index (χ0v) is 15.0. The Morgan fingerprint density at radius 1 is 1.12 bits per heavy atom. The van der Waals surface area contributed by atoms with Gasteiger partial charge >= 0.3 is 5.97 Å². The first-order valence-electron chi connectivity index (χ1n) is 8.89. The van der Waals surface area contributed by atoms with E-state index in [1.807, 2.05) is 6.07 Å². The van der Waals surface area contributed by atoms with E-state index in [0.29, 0.717) is 0 Å². The summed E-state index contributed by atoms with van der Waals surface area (Å²) < 4.78 is 4.81. The largest absolute Gasteiger partial charge is 0.463 e. The molecule has 0 amide bonds. The van der Waals surface area contributed by atoms with Crippen molar-refractivity contribution in [2.75, 3.05) is 12.4 Å². The van der Waals surface area contributed by atoms with Crippen molar-refractivity contribution in [3.8, 4) is 0 Å². The molecule has 1 N–H and O–H groups in total. The SMILES string of the molecule is COC(=O)c1nc2c(c(N[C@H](C)c3cccc4ccccc34)n1)CCC2. The summed E-state index contributed by atoms with van der Waals surface area (Å²) in [5.41, 5.74) is 3.27. The molecule has 1 aromatic heterocycles. The van der Waals surface area contributed by atoms with Gasteiger partial charge in [-0.2, -0.15) is 0 Å². The van der Waals surface area contributed by atoms with Gasteiger partial charge in [0.1, 0.15) is 5.82 Å². The molecular weight excluding hydrogens is 326 g/mol. The Hall–Kier alpha value is -2.95. The molecule has 0 fully saturated rings. The number of aryl methyl sites for hydroxylation is 1. The molecule has 0 radical (unpaired) electrons. The van der Waals surface area contributed by atoms with Crippen LogP contribution in [0.15, 0.2) is 42.5 Å². The molecule has 26 heavy (non-hydrogen) atoms. The van der Waals surface area contributed by atoms with Crippen LogP contribution in [0.5, 0.6) is 0 Å². The van der Waals surface area contributed by atoms with Gasteiger partial charge < -0.3 is 10.1 Å². The second kappa shape index (κ2) is 6.75. The molecule has 5 nitrogen and oxygen atoms in total. The van der Waals surface area contributed by atoms with Crippen molar-refractivity contribution >= 4 is 22.6 Å². The van der Waals surface area contributed by atoms with E-state index in [1.165, 1.54) is 23.4 Å². The summed E-state index contributed by atoms with van der Waals surface area (Å²) in [6.45, 7) is 2.11. The summed E-state index contributed by atoms with van der Waals surface area (Å²) in [4.78, 5) is 20.8. The van der Waals surface area contributed by atoms with E-state index in [0.717, 1.165) is 36.3 Å². The van der Waals surface area contributed by atoms with E-state index < -0.39 is 5.97 Å². The van der Waals surface area contributed by atoms with E-state index in [1.54, 1.807) is 0 Å². The van der Waals surface area contributed by atoms with E-state index in [-0.39, 0.29) is 11.9 Å². The lowest BCUT2D eigenvalue weighted by Crippen LogP contribution is -2.15. The molecule has 0 bridgehead atoms. The number of anilines is 1. The summed E-state index contributed by atoms with van der Waals surface area (Å²) in [6, 6.07) is 14.7. The van der Waals surface area contributed by atoms with Crippen LogP contribution in [-0.4, -0.2) is 23.0 Å². The quantitative estimate of drug-likeness (QED) is 0.721. The number of nitrogens with zero attached hydrogens (tertiary/aromatic N) is 2. The topological polar surface area (TPSA) is 64.1 Å². The lowest BCUT2D eigenvalue weighted by Gasteiger charge is -2.19. The van der Waals surface area contributed by atoms with Crippen LogP contribution in [-0.2, 0) is 17.6 Å². The highest BCUT2D eigenvalue weighted by molar-refractivity contribution is 5.87. The predicted octanol–water partition coefficient (Wildman–Crippen LogP) is 4.08. The van der Waals surface area contributed by atoms with E-state index in [9.17, 15) is 4.79 Å². The summed E-state index contributed by atoms with van der Waals surface area (Å²) in [6.07, 6.45) is 2.84. The normalized spacial score (nSPS) is 14.1. The summed E-state index contributed by atoms with van der Waals surface area (Å²) in [5, 5.41) is 5.94. The number of methoxy groups -OCH3 is 1. The lowest BCUT2D eigenvalue weighted by atomic mass is 9.99. The van der Waals surface area contributed by atoms with Gasteiger partial charge in [-0.25, -0.2) is 14.8 Å². The Kier molecular flexibility index (Phi) is 4.29. The Morgan fingerprint density at radius 2 is 1.92 bits per heavy atom. The maximum Gasteiger partial charge on any atom is 0.376 e. The predicted molar refractivity (Wildman–Crippen MR) is 101 cm³/mol. The zero-order valence-electron chi connectivity index (χ0n) is 15.0. The molecule has 2 aromatic carbocycles. The molecule has 0 aliphatic heterocycles. The van der Waals surface area contributed by atoms with Gasteiger partial charge in [0.25, 0.3) is 0 Å². The van der Waals surface area contributed by atoms with Crippen molar-refractivity contribution < 1.29 is 9.53 Å². The Morgan fingerprint density at radius 3 is 2.77 bits per heavy atom. The summed E-state index contributed by atoms with van der Waals surface area (Å²) in [5.74, 6) is 0.370. The van der Waals surface area contributed by atoms with E-state index in [2.05, 4.69) is 58.6 Å². The van der Waals surface area contributed by atoms with Gasteiger partial charge in [-0.3, -0.25) is 0 Å². The Bertz CT molecular complexity index is 979. The van der Waals surface area contributed by atoms with Gasteiger partial charge in [0.2, 0.25) is 5.82 Å². The fourth-order valence-electron chi connectivity index (χ4n) is 3.65. The van der Waals surface area contributed by atoms with Gasteiger partial charge in [-0.15, -0.1) is 0 Å². The van der Waals surface area contributed by atoms with Crippen molar-refractivity contribution in [2.45, 2.75) is 32.2 Å². The Balaban J connectivity index is 1.72. The molecule has 1 aliphatic carbocycles. The number of esters is 1. The van der Waals surface area contributed by atoms with Crippen LogP contribution in [0.1, 0.15) is 46.8 Å². The fourth-order valence-corrected chi connectivity index (χ4v) is 3.65. The van der Waals surface area contributed by atoms with Crippen molar-refractivity contribution in [3.63, 3.8) is 0 Å². The van der Waals surface area contributed by atoms with Crippen molar-refractivity contribution in [3.05, 3.63) is 65.1 Å². The van der Waals surface area contributed by atoms with Crippen LogP contribution < -0.4 is 5.32 Å². The molecule has 4 rings (SSSR count). The number of nitrogens with one attached hydrogen (secondary N) is 1. The number of benzene rings is 2. The lowest BCUT2D eigenvalue weighted by molar-refractivity contribution is 0.0586. The first kappa shape index (κ1) is 16.5. The van der Waals surface area contributed by atoms with Crippen LogP contribution in [0.3, 0.4) is 0 Å². The minimum atomic E-state index is -0.499. The number of carbonyl (C=O) groups excluding carboxylic acids is 1. The van der Waals surface area contributed by atoms with Crippen LogP contribution in [0.25, 0.3) is 10.8 Å². The fraction of sp³-hybridized carbons (Fsp3) is 0.286. The average molecular weight is 347 g/mol. The number of hydrogen-bond donors (Lipinski definition) is 1. The first-order chi connectivity index (χ1) is 12.7. The minimum Gasteiger partial charge on any atom is -0.463 e. The van der Waals surface area contributed by atoms with Crippen molar-refractivity contribution in [1.29, 1.82) is 0 Å². The maximum absolute atomic E-state index is 11.9. The summed E-state index contributed by atoms with van der Waals surface area (Å²) >= 11 is 0. The molecule has 3 aromatic rings. The van der Waals surface area contributed by atoms with Gasteiger partial charge in [0.15, 0.2) is 0 Å². The minimum absolute atomic E-state index is 0.0474. The third-order valence-corrected chi connectivity index (χ3v) is 4.94. The smallest absolute Gasteiger partial charge is 0.376 e. The molecule has 132 valence electrons. The van der Waals surface area contributed by atoms with Gasteiger partial charge in [-0.05, 0) is 42.5 Å². The number of carbonyl (C=O) groups is 1. The van der Waals surface area contributed by atoms with E-state index in [4.69, 9.17) is 4.74 Å². The molecule has 0 spiro atoms. The van der Waals surface area contributed by atoms with E-state index >= 15 is 0 Å². The summed E-state index contributed by atoms with van der Waals surface area (Å²) in [7, 11) is 1.35. The standard InChI is InChI=1S/C21H21N3O2/c1-13(15-10-5-8-14-7-3-4-9-16(14)15)22-19-17-11-6-12-18(17)23-20(24-19)21(25)26-2/h3-5,7-10,13H,6,11-12H2,1-2H3,(H,22,23,24)/t13-/m1/s1. The number of aromatic nitrogens is 2. The highest BCUT2D eigenvalue weighted by atomic mass is 16.5. The number of rotatable bonds is 4. The molecule has 0 saturated carbocycles. The number of hydrogen-bond acceptors (Lipinski definition) is 5. The van der Waals surface area contributed by atoms with Gasteiger partial charge in [0.05, 0.1) is 18.8 Å². The third kappa shape index (κ3) is 2.90. The van der Waals surface area contributed by atoms with Crippen LogP contribution in [0, 0.1) is 0 Å². The van der Waals surface area contributed by atoms with Gasteiger partial charge in [0, 0.05) is 5.56 Å². The second-order valence-electron chi connectivity index (χ2n) is 6.60. The van der Waals surface area contributed by atoms with Crippen molar-refractivity contribution in [1.82, 2.24) is 9.97 Å². The number of fused-ring (bicyclic) bond motifs is 2. The second-order valence-corrected chi connectivity index (χ2v) is 6.60. The molecular formula is C21H21N3O2. The van der Waals surface area contributed by atoms with Crippen LogP contribution >= 0.6 is 0 Å². The molecule has 1 aliphatic rings. The maximum atomic E-state index is 11.9. The molecule has 1 heterocycles. The van der Waals surface area contributed by atoms with Crippen LogP contribution in [0.2, 0.25) is 0 Å². The third-order valence-electron chi connectivity index (χ3n) is 4.94. The van der Waals surface area contributed by atoms with Crippen molar-refractivity contribution in [2.24, 2.45) is 0 Å². The van der Waals surface area contributed by atoms with Crippen LogP contribution in [0.4, 0.5) is 5.82 Å². The molecule has 5 heteroatoms. The highest BCUT2D eigenvalue weighted by Gasteiger charge is 2.23. The highest BCUT2D eigenvalue weighted by Crippen LogP contribution is 2.31. The molecule has 0 saturated heterocycles. The molecule has 0 unspecified atom stereocenters. The Labute approximate surface area is 152 Å². The average Bonchev–Trinajstić information content (AvgIpc) is 3.15. The molecule has 1 atom stereocenters.